The Kier molecular flexibility index (Phi) is 5.96. The zero-order valence-corrected chi connectivity index (χ0v) is 17.9. The summed E-state index contributed by atoms with van der Waals surface area (Å²) < 4.78 is 0. The van der Waals surface area contributed by atoms with Crippen molar-refractivity contribution in [1.29, 1.82) is 0 Å². The second kappa shape index (κ2) is 8.24. The summed E-state index contributed by atoms with van der Waals surface area (Å²) in [5.74, 6) is 1.37. The first kappa shape index (κ1) is 20.2. The quantitative estimate of drug-likeness (QED) is 0.663. The second-order valence-electron chi connectivity index (χ2n) is 8.07. The van der Waals surface area contributed by atoms with Gasteiger partial charge in [0.05, 0.1) is 18.5 Å². The Morgan fingerprint density at radius 3 is 2.50 bits per heavy atom. The summed E-state index contributed by atoms with van der Waals surface area (Å²) in [4.78, 5) is 24.7. The van der Waals surface area contributed by atoms with Crippen LogP contribution in [0.4, 0.5) is 5.82 Å². The fraction of sp³-hybridized carbons (Fsp3) is 0.381. The van der Waals surface area contributed by atoms with Crippen molar-refractivity contribution in [1.82, 2.24) is 20.2 Å². The summed E-state index contributed by atoms with van der Waals surface area (Å²) in [6.07, 6.45) is 0. The van der Waals surface area contributed by atoms with Crippen LogP contribution >= 0.6 is 11.3 Å². The van der Waals surface area contributed by atoms with E-state index in [9.17, 15) is 4.79 Å². The monoisotopic (exact) mass is 397 g/mol. The molecule has 0 saturated carbocycles. The van der Waals surface area contributed by atoms with Crippen LogP contribution in [0.2, 0.25) is 0 Å². The van der Waals surface area contributed by atoms with Gasteiger partial charge in [-0.05, 0) is 40.4 Å². The van der Waals surface area contributed by atoms with Crippen molar-refractivity contribution < 1.29 is 4.79 Å². The molecule has 0 radical (unpaired) electrons. The summed E-state index contributed by atoms with van der Waals surface area (Å²) >= 11 is 1.60. The summed E-state index contributed by atoms with van der Waals surface area (Å²) in [6, 6.07) is 10.2. The minimum Gasteiger partial charge on any atom is -0.360 e. The minimum atomic E-state index is -0.270. The van der Waals surface area contributed by atoms with E-state index < -0.39 is 0 Å². The Hall–Kier alpha value is -2.51. The van der Waals surface area contributed by atoms with Crippen molar-refractivity contribution in [2.75, 3.05) is 26.0 Å². The molecule has 0 spiro atoms. The molecule has 3 rings (SSSR count). The number of fused-ring (bicyclic) bond motifs is 1. The molecular formula is C21H27N5OS. The number of carbonyl (C=O) groups excluding carboxylic acids is 1. The number of amides is 1. The fourth-order valence-electron chi connectivity index (χ4n) is 2.92. The van der Waals surface area contributed by atoms with E-state index in [-0.39, 0.29) is 18.0 Å². The van der Waals surface area contributed by atoms with Gasteiger partial charge in [-0.1, -0.05) is 30.3 Å². The van der Waals surface area contributed by atoms with Crippen molar-refractivity contribution in [3.8, 4) is 11.1 Å². The molecule has 1 aromatic carbocycles. The van der Waals surface area contributed by atoms with Gasteiger partial charge in [-0.15, -0.1) is 11.3 Å². The lowest BCUT2D eigenvalue weighted by Crippen LogP contribution is -2.43. The molecule has 2 aromatic heterocycles. The maximum absolute atomic E-state index is 12.3. The molecule has 1 amide bonds. The van der Waals surface area contributed by atoms with Crippen LogP contribution in [0.25, 0.3) is 21.3 Å². The Morgan fingerprint density at radius 2 is 1.86 bits per heavy atom. The molecule has 0 atom stereocenters. The highest BCUT2D eigenvalue weighted by Gasteiger charge is 2.18. The van der Waals surface area contributed by atoms with Gasteiger partial charge in [-0.3, -0.25) is 4.79 Å². The third kappa shape index (κ3) is 5.05. The van der Waals surface area contributed by atoms with E-state index >= 15 is 0 Å². The first-order valence-electron chi connectivity index (χ1n) is 9.26. The lowest BCUT2D eigenvalue weighted by atomic mass is 10.1. The highest BCUT2D eigenvalue weighted by Crippen LogP contribution is 2.36. The second-order valence-corrected chi connectivity index (χ2v) is 8.93. The number of benzene rings is 1. The van der Waals surface area contributed by atoms with Crippen LogP contribution in [0.1, 0.15) is 26.6 Å². The zero-order chi connectivity index (χ0) is 20.3. The van der Waals surface area contributed by atoms with Gasteiger partial charge in [-0.2, -0.15) is 0 Å². The normalized spacial score (nSPS) is 11.8. The number of anilines is 1. The molecule has 0 unspecified atom stereocenters. The average Bonchev–Trinajstić information content (AvgIpc) is 3.02. The Balaban J connectivity index is 1.99. The summed E-state index contributed by atoms with van der Waals surface area (Å²) in [5.41, 5.74) is 1.92. The molecule has 0 fully saturated rings. The van der Waals surface area contributed by atoms with Crippen LogP contribution in [-0.4, -0.2) is 47.0 Å². The van der Waals surface area contributed by atoms with Gasteiger partial charge in [0.2, 0.25) is 5.91 Å². The van der Waals surface area contributed by atoms with Crippen LogP contribution in [0, 0.1) is 0 Å². The number of carbonyl (C=O) groups is 1. The summed E-state index contributed by atoms with van der Waals surface area (Å²) in [6.45, 7) is 6.70. The van der Waals surface area contributed by atoms with Crippen LogP contribution in [-0.2, 0) is 11.3 Å². The standard InChI is InChI=1S/C21H27N5OS/c1-21(2,3)25-17(27)11-22-19-18-15(14-9-7-6-8-10-14)13-28-20(18)24-16(23-19)12-26(4)5/h6-10,13H,11-12H2,1-5H3,(H,25,27)(H,22,23,24). The van der Waals surface area contributed by atoms with Gasteiger partial charge in [-0.25, -0.2) is 9.97 Å². The molecule has 2 N–H and O–H groups in total. The lowest BCUT2D eigenvalue weighted by molar-refractivity contribution is -0.120. The van der Waals surface area contributed by atoms with E-state index in [4.69, 9.17) is 9.97 Å². The fourth-order valence-corrected chi connectivity index (χ4v) is 3.89. The molecule has 2 heterocycles. The SMILES string of the molecule is CN(C)Cc1nc(NCC(=O)NC(C)(C)C)c2c(-c3ccccc3)csc2n1. The third-order valence-electron chi connectivity index (χ3n) is 3.95. The van der Waals surface area contributed by atoms with Crippen molar-refractivity contribution >= 4 is 33.3 Å². The highest BCUT2D eigenvalue weighted by atomic mass is 32.1. The van der Waals surface area contributed by atoms with Crippen LogP contribution in [0.3, 0.4) is 0 Å². The number of rotatable bonds is 6. The maximum atomic E-state index is 12.3. The Bertz CT molecular complexity index is 960. The van der Waals surface area contributed by atoms with E-state index in [1.807, 2.05) is 58.0 Å². The molecule has 28 heavy (non-hydrogen) atoms. The minimum absolute atomic E-state index is 0.0649. The van der Waals surface area contributed by atoms with Gasteiger partial charge in [0.1, 0.15) is 16.5 Å². The van der Waals surface area contributed by atoms with Gasteiger partial charge in [0, 0.05) is 16.5 Å². The van der Waals surface area contributed by atoms with E-state index in [1.54, 1.807) is 11.3 Å². The number of hydrogen-bond acceptors (Lipinski definition) is 6. The molecule has 0 aliphatic heterocycles. The Labute approximate surface area is 170 Å². The average molecular weight is 398 g/mol. The van der Waals surface area contributed by atoms with Crippen LogP contribution in [0.15, 0.2) is 35.7 Å². The van der Waals surface area contributed by atoms with Crippen molar-refractivity contribution in [3.05, 3.63) is 41.5 Å². The molecule has 0 aliphatic carbocycles. The molecule has 0 aliphatic rings. The first-order valence-corrected chi connectivity index (χ1v) is 10.1. The van der Waals surface area contributed by atoms with Crippen LogP contribution in [0.5, 0.6) is 0 Å². The molecule has 148 valence electrons. The van der Waals surface area contributed by atoms with E-state index in [0.29, 0.717) is 12.4 Å². The molecule has 0 bridgehead atoms. The molecule has 7 heteroatoms. The van der Waals surface area contributed by atoms with Crippen LogP contribution < -0.4 is 10.6 Å². The van der Waals surface area contributed by atoms with Gasteiger partial charge >= 0.3 is 0 Å². The molecule has 3 aromatic rings. The predicted octanol–water partition coefficient (Wildman–Crippen LogP) is 3.75. The van der Waals surface area contributed by atoms with E-state index in [0.717, 1.165) is 27.2 Å². The number of nitrogens with one attached hydrogen (secondary N) is 2. The summed E-state index contributed by atoms with van der Waals surface area (Å²) in [7, 11) is 3.97. The largest absolute Gasteiger partial charge is 0.360 e. The maximum Gasteiger partial charge on any atom is 0.239 e. The topological polar surface area (TPSA) is 70.2 Å². The summed E-state index contributed by atoms with van der Waals surface area (Å²) in [5, 5.41) is 9.28. The van der Waals surface area contributed by atoms with Gasteiger partial charge in [0.15, 0.2) is 0 Å². The van der Waals surface area contributed by atoms with Gasteiger partial charge in [0.25, 0.3) is 0 Å². The number of aromatic nitrogens is 2. The molecule has 0 saturated heterocycles. The Morgan fingerprint density at radius 1 is 1.14 bits per heavy atom. The number of hydrogen-bond donors (Lipinski definition) is 2. The van der Waals surface area contributed by atoms with Gasteiger partial charge < -0.3 is 15.5 Å². The van der Waals surface area contributed by atoms with Crippen molar-refractivity contribution in [2.45, 2.75) is 32.9 Å². The number of thiophene rings is 1. The molecule has 6 nitrogen and oxygen atoms in total. The highest BCUT2D eigenvalue weighted by molar-refractivity contribution is 7.17. The molecular weight excluding hydrogens is 370 g/mol. The smallest absolute Gasteiger partial charge is 0.239 e. The third-order valence-corrected chi connectivity index (χ3v) is 4.83. The lowest BCUT2D eigenvalue weighted by Gasteiger charge is -2.21. The van der Waals surface area contributed by atoms with Crippen molar-refractivity contribution in [3.63, 3.8) is 0 Å². The first-order chi connectivity index (χ1) is 13.2. The van der Waals surface area contributed by atoms with E-state index in [2.05, 4.69) is 28.1 Å². The zero-order valence-electron chi connectivity index (χ0n) is 17.0. The van der Waals surface area contributed by atoms with E-state index in [1.165, 1.54) is 0 Å². The van der Waals surface area contributed by atoms with Crippen molar-refractivity contribution in [2.24, 2.45) is 0 Å². The predicted molar refractivity (Wildman–Crippen MR) is 117 cm³/mol. The number of nitrogens with zero attached hydrogens (tertiary/aromatic N) is 3.